The third-order valence-corrected chi connectivity index (χ3v) is 8.65. The van der Waals surface area contributed by atoms with E-state index < -0.39 is 17.5 Å². The first-order valence-electron chi connectivity index (χ1n) is 13.1. The van der Waals surface area contributed by atoms with E-state index in [1.165, 1.54) is 34.1 Å². The molecule has 0 aliphatic carbocycles. The van der Waals surface area contributed by atoms with Crippen molar-refractivity contribution in [3.05, 3.63) is 64.7 Å². The second-order valence-electron chi connectivity index (χ2n) is 10.8. The molecule has 2 amide bonds. The molecule has 206 valence electrons. The smallest absolute Gasteiger partial charge is 0.371 e. The summed E-state index contributed by atoms with van der Waals surface area (Å²) in [4.78, 5) is 30.7. The zero-order valence-electron chi connectivity index (χ0n) is 22.1. The predicted octanol–water partition coefficient (Wildman–Crippen LogP) is 6.02. The molecule has 38 heavy (non-hydrogen) atoms. The van der Waals surface area contributed by atoms with Crippen molar-refractivity contribution in [2.24, 2.45) is 11.8 Å². The average Bonchev–Trinajstić information content (AvgIpc) is 2.91. The lowest BCUT2D eigenvalue weighted by atomic mass is 9.76. The number of carbonyl (C=O) groups is 2. The molecule has 2 aliphatic rings. The highest BCUT2D eigenvalue weighted by Gasteiger charge is 2.59. The van der Waals surface area contributed by atoms with E-state index in [-0.39, 0.29) is 11.5 Å². The topological polar surface area (TPSA) is 43.9 Å². The van der Waals surface area contributed by atoms with Gasteiger partial charge in [0.2, 0.25) is 5.91 Å². The van der Waals surface area contributed by atoms with Gasteiger partial charge in [-0.25, -0.2) is 0 Å². The summed E-state index contributed by atoms with van der Waals surface area (Å²) < 4.78 is 42.5. The Labute approximate surface area is 227 Å². The molecule has 0 spiro atoms. The van der Waals surface area contributed by atoms with E-state index in [1.807, 2.05) is 12.1 Å². The molecule has 0 radical (unpaired) electrons. The minimum Gasteiger partial charge on any atom is -0.371 e. The Balaban J connectivity index is 1.34. The molecule has 4 rings (SSSR count). The molecule has 2 aromatic carbocycles. The van der Waals surface area contributed by atoms with Gasteiger partial charge in [-0.05, 0) is 68.2 Å². The van der Waals surface area contributed by atoms with Crippen LogP contribution in [0.2, 0.25) is 5.02 Å². The lowest BCUT2D eigenvalue weighted by Gasteiger charge is -2.43. The SMILES string of the molecule is CN(C)C(=O)c1ccc(N2CCC(C3CCN(C(=O)C(C)(c4ccccc4)C(F)(F)F)CC3)CC2)cc1Cl. The highest BCUT2D eigenvalue weighted by atomic mass is 35.5. The number of hydrogen-bond donors (Lipinski definition) is 0. The fourth-order valence-corrected chi connectivity index (χ4v) is 6.07. The number of piperidine rings is 2. The van der Waals surface area contributed by atoms with Crippen LogP contribution in [0.3, 0.4) is 0 Å². The fourth-order valence-electron chi connectivity index (χ4n) is 5.81. The highest BCUT2D eigenvalue weighted by Crippen LogP contribution is 2.43. The van der Waals surface area contributed by atoms with E-state index in [2.05, 4.69) is 4.90 Å². The molecular weight excluding hydrogens is 515 g/mol. The maximum atomic E-state index is 14.2. The van der Waals surface area contributed by atoms with E-state index in [4.69, 9.17) is 11.6 Å². The largest absolute Gasteiger partial charge is 0.406 e. The second kappa shape index (κ2) is 11.2. The third-order valence-electron chi connectivity index (χ3n) is 8.33. The number of hydrogen-bond acceptors (Lipinski definition) is 3. The standard InChI is InChI=1S/C29H35ClF3N3O2/c1-28(29(31,32)33,22-7-5-4-6-8-22)27(38)36-17-13-21(14-18-36)20-11-15-35(16-12-20)23-9-10-24(25(30)19-23)26(37)34(2)3/h4-10,19-21H,11-18H2,1-3H3. The highest BCUT2D eigenvalue weighted by molar-refractivity contribution is 6.34. The number of halogens is 4. The van der Waals surface area contributed by atoms with Crippen LogP contribution in [0.15, 0.2) is 48.5 Å². The first kappa shape index (κ1) is 28.3. The molecule has 0 aromatic heterocycles. The zero-order chi connectivity index (χ0) is 27.7. The lowest BCUT2D eigenvalue weighted by molar-refractivity contribution is -0.198. The van der Waals surface area contributed by atoms with Crippen LogP contribution in [0, 0.1) is 11.8 Å². The van der Waals surface area contributed by atoms with Gasteiger partial charge in [0.25, 0.3) is 5.91 Å². The number of carbonyl (C=O) groups excluding carboxylic acids is 2. The van der Waals surface area contributed by atoms with Crippen molar-refractivity contribution in [3.8, 4) is 0 Å². The number of amides is 2. The fraction of sp³-hybridized carbons (Fsp3) is 0.517. The lowest BCUT2D eigenvalue weighted by Crippen LogP contribution is -2.55. The Morgan fingerprint density at radius 2 is 1.45 bits per heavy atom. The molecule has 2 heterocycles. The summed E-state index contributed by atoms with van der Waals surface area (Å²) in [6.07, 6.45) is -1.31. The van der Waals surface area contributed by atoms with E-state index in [0.29, 0.717) is 48.4 Å². The molecule has 2 aliphatic heterocycles. The molecular formula is C29H35ClF3N3O2. The number of benzene rings is 2. The van der Waals surface area contributed by atoms with Gasteiger partial charge < -0.3 is 14.7 Å². The van der Waals surface area contributed by atoms with Crippen molar-refractivity contribution >= 4 is 29.1 Å². The predicted molar refractivity (Wildman–Crippen MR) is 144 cm³/mol. The second-order valence-corrected chi connectivity index (χ2v) is 11.2. The maximum absolute atomic E-state index is 14.2. The molecule has 0 N–H and O–H groups in total. The van der Waals surface area contributed by atoms with Gasteiger partial charge >= 0.3 is 6.18 Å². The van der Waals surface area contributed by atoms with Crippen molar-refractivity contribution in [2.75, 3.05) is 45.2 Å². The Kier molecular flexibility index (Phi) is 8.31. The van der Waals surface area contributed by atoms with Crippen LogP contribution in [0.25, 0.3) is 0 Å². The van der Waals surface area contributed by atoms with Crippen LogP contribution >= 0.6 is 11.6 Å². The van der Waals surface area contributed by atoms with Gasteiger partial charge in [-0.1, -0.05) is 41.9 Å². The van der Waals surface area contributed by atoms with Gasteiger partial charge in [-0.2, -0.15) is 13.2 Å². The van der Waals surface area contributed by atoms with E-state index in [1.54, 1.807) is 26.2 Å². The minimum atomic E-state index is -4.68. The summed E-state index contributed by atoms with van der Waals surface area (Å²) >= 11 is 6.40. The van der Waals surface area contributed by atoms with Crippen LogP contribution < -0.4 is 4.90 Å². The minimum absolute atomic E-state index is 0.0220. The molecule has 9 heteroatoms. The van der Waals surface area contributed by atoms with Gasteiger partial charge in [0.15, 0.2) is 5.41 Å². The molecule has 2 aromatic rings. The van der Waals surface area contributed by atoms with Crippen LogP contribution in [-0.2, 0) is 10.2 Å². The molecule has 5 nitrogen and oxygen atoms in total. The number of nitrogens with zero attached hydrogens (tertiary/aromatic N) is 3. The first-order chi connectivity index (χ1) is 17.9. The summed E-state index contributed by atoms with van der Waals surface area (Å²) in [6, 6.07) is 13.0. The molecule has 0 saturated carbocycles. The average molecular weight is 550 g/mol. The van der Waals surface area contributed by atoms with Gasteiger partial charge in [0.05, 0.1) is 10.6 Å². The van der Waals surface area contributed by atoms with Crippen molar-refractivity contribution in [1.82, 2.24) is 9.80 Å². The maximum Gasteiger partial charge on any atom is 0.406 e. The Bertz CT molecular complexity index is 1140. The first-order valence-corrected chi connectivity index (χ1v) is 13.5. The molecule has 1 atom stereocenters. The Morgan fingerprint density at radius 1 is 0.895 bits per heavy atom. The van der Waals surface area contributed by atoms with Crippen molar-refractivity contribution in [2.45, 2.75) is 44.2 Å². The summed E-state index contributed by atoms with van der Waals surface area (Å²) in [5, 5.41) is 0.432. The monoisotopic (exact) mass is 549 g/mol. The van der Waals surface area contributed by atoms with E-state index in [9.17, 15) is 22.8 Å². The molecule has 0 bridgehead atoms. The molecule has 2 saturated heterocycles. The number of anilines is 1. The van der Waals surface area contributed by atoms with Gasteiger partial charge in [0, 0.05) is 46.0 Å². The third kappa shape index (κ3) is 5.51. The van der Waals surface area contributed by atoms with Crippen LogP contribution in [0.4, 0.5) is 18.9 Å². The van der Waals surface area contributed by atoms with Crippen LogP contribution in [0.5, 0.6) is 0 Å². The van der Waals surface area contributed by atoms with Gasteiger partial charge in [0.1, 0.15) is 0 Å². The summed E-state index contributed by atoms with van der Waals surface area (Å²) in [6.45, 7) is 3.39. The molecule has 1 unspecified atom stereocenters. The Hall–Kier alpha value is -2.74. The number of alkyl halides is 3. The van der Waals surface area contributed by atoms with E-state index in [0.717, 1.165) is 38.5 Å². The summed E-state index contributed by atoms with van der Waals surface area (Å²) in [5.74, 6) is -0.141. The van der Waals surface area contributed by atoms with Gasteiger partial charge in [-0.15, -0.1) is 0 Å². The Morgan fingerprint density at radius 3 is 1.95 bits per heavy atom. The van der Waals surface area contributed by atoms with Gasteiger partial charge in [-0.3, -0.25) is 9.59 Å². The van der Waals surface area contributed by atoms with E-state index >= 15 is 0 Å². The van der Waals surface area contributed by atoms with Crippen molar-refractivity contribution in [3.63, 3.8) is 0 Å². The van der Waals surface area contributed by atoms with Crippen LogP contribution in [0.1, 0.15) is 48.5 Å². The quantitative estimate of drug-likeness (QED) is 0.458. The van der Waals surface area contributed by atoms with Crippen LogP contribution in [-0.4, -0.2) is 68.1 Å². The zero-order valence-corrected chi connectivity index (χ0v) is 22.9. The van der Waals surface area contributed by atoms with Crippen molar-refractivity contribution < 1.29 is 22.8 Å². The van der Waals surface area contributed by atoms with Crippen molar-refractivity contribution in [1.29, 1.82) is 0 Å². The summed E-state index contributed by atoms with van der Waals surface area (Å²) in [7, 11) is 3.38. The summed E-state index contributed by atoms with van der Waals surface area (Å²) in [5.41, 5.74) is -1.12. The number of likely N-dealkylation sites (tertiary alicyclic amines) is 1. The number of rotatable bonds is 5. The molecule has 2 fully saturated rings. The normalized spacial score (nSPS) is 19.2.